The third-order valence-corrected chi connectivity index (χ3v) is 4.48. The van der Waals surface area contributed by atoms with Crippen LogP contribution in [0.5, 0.6) is 0 Å². The maximum Gasteiger partial charge on any atom is 0.337 e. The highest BCUT2D eigenvalue weighted by molar-refractivity contribution is 7.17. The van der Waals surface area contributed by atoms with E-state index in [-0.39, 0.29) is 12.6 Å². The van der Waals surface area contributed by atoms with Crippen LogP contribution in [0.3, 0.4) is 0 Å². The first-order valence-electron chi connectivity index (χ1n) is 6.52. The molecule has 0 aliphatic carbocycles. The van der Waals surface area contributed by atoms with Gasteiger partial charge in [0, 0.05) is 4.70 Å². The standard InChI is InChI=1S/C17H14O3S/c1-20-17(19)12-4-2-11(3-5-12)13-6-7-16-15(8-13)14(9-18)10-21-16/h2-8,10,18H,9H2,1H3. The van der Waals surface area contributed by atoms with Crippen LogP contribution in [-0.4, -0.2) is 18.2 Å². The Kier molecular flexibility index (Phi) is 3.73. The number of hydrogen-bond donors (Lipinski definition) is 1. The highest BCUT2D eigenvalue weighted by atomic mass is 32.1. The maximum atomic E-state index is 11.4. The molecule has 1 aromatic heterocycles. The lowest BCUT2D eigenvalue weighted by molar-refractivity contribution is 0.0601. The molecule has 4 heteroatoms. The van der Waals surface area contributed by atoms with Crippen LogP contribution in [-0.2, 0) is 11.3 Å². The van der Waals surface area contributed by atoms with E-state index in [1.165, 1.54) is 7.11 Å². The van der Waals surface area contributed by atoms with Crippen LogP contribution in [0.1, 0.15) is 15.9 Å². The van der Waals surface area contributed by atoms with E-state index in [1.54, 1.807) is 23.5 Å². The van der Waals surface area contributed by atoms with Gasteiger partial charge in [-0.15, -0.1) is 11.3 Å². The lowest BCUT2D eigenvalue weighted by atomic mass is 10.0. The summed E-state index contributed by atoms with van der Waals surface area (Å²) in [5.41, 5.74) is 3.57. The largest absolute Gasteiger partial charge is 0.465 e. The number of carbonyl (C=O) groups is 1. The van der Waals surface area contributed by atoms with E-state index in [1.807, 2.05) is 23.6 Å². The van der Waals surface area contributed by atoms with Gasteiger partial charge in [-0.25, -0.2) is 4.79 Å². The van der Waals surface area contributed by atoms with Gasteiger partial charge in [0.15, 0.2) is 0 Å². The zero-order valence-electron chi connectivity index (χ0n) is 11.5. The van der Waals surface area contributed by atoms with Crippen molar-refractivity contribution in [1.29, 1.82) is 0 Å². The number of rotatable bonds is 3. The summed E-state index contributed by atoms with van der Waals surface area (Å²) in [6.45, 7) is 0.0464. The van der Waals surface area contributed by atoms with Crippen molar-refractivity contribution in [3.8, 4) is 11.1 Å². The van der Waals surface area contributed by atoms with E-state index in [4.69, 9.17) is 4.74 Å². The fourth-order valence-electron chi connectivity index (χ4n) is 2.30. The molecule has 0 unspecified atom stereocenters. The molecule has 21 heavy (non-hydrogen) atoms. The minimum Gasteiger partial charge on any atom is -0.465 e. The molecule has 3 aromatic rings. The third-order valence-electron chi connectivity index (χ3n) is 3.46. The van der Waals surface area contributed by atoms with Gasteiger partial charge in [0.25, 0.3) is 0 Å². The van der Waals surface area contributed by atoms with Crippen molar-refractivity contribution < 1.29 is 14.6 Å². The van der Waals surface area contributed by atoms with Gasteiger partial charge in [0.1, 0.15) is 0 Å². The Morgan fingerprint density at radius 2 is 1.86 bits per heavy atom. The molecule has 0 bridgehead atoms. The van der Waals surface area contributed by atoms with Crippen LogP contribution >= 0.6 is 11.3 Å². The Balaban J connectivity index is 2.01. The van der Waals surface area contributed by atoms with Crippen molar-refractivity contribution in [1.82, 2.24) is 0 Å². The Hall–Kier alpha value is -2.17. The van der Waals surface area contributed by atoms with Crippen molar-refractivity contribution in [3.63, 3.8) is 0 Å². The summed E-state index contributed by atoms with van der Waals surface area (Å²) in [4.78, 5) is 11.4. The lowest BCUT2D eigenvalue weighted by Crippen LogP contribution is -2.00. The normalized spacial score (nSPS) is 10.8. The molecule has 0 aliphatic heterocycles. The molecule has 1 heterocycles. The zero-order valence-corrected chi connectivity index (χ0v) is 12.3. The predicted octanol–water partition coefficient (Wildman–Crippen LogP) is 3.85. The highest BCUT2D eigenvalue weighted by Gasteiger charge is 2.08. The zero-order chi connectivity index (χ0) is 14.8. The van der Waals surface area contributed by atoms with Gasteiger partial charge in [-0.2, -0.15) is 0 Å². The molecule has 0 atom stereocenters. The first-order chi connectivity index (χ1) is 10.2. The first-order valence-corrected chi connectivity index (χ1v) is 7.40. The topological polar surface area (TPSA) is 46.5 Å². The number of hydrogen-bond acceptors (Lipinski definition) is 4. The van der Waals surface area contributed by atoms with Crippen molar-refractivity contribution in [2.45, 2.75) is 6.61 Å². The number of methoxy groups -OCH3 is 1. The highest BCUT2D eigenvalue weighted by Crippen LogP contribution is 2.31. The molecule has 0 saturated heterocycles. The fraction of sp³-hybridized carbons (Fsp3) is 0.118. The van der Waals surface area contributed by atoms with Crippen LogP contribution in [0.2, 0.25) is 0 Å². The van der Waals surface area contributed by atoms with Gasteiger partial charge in [-0.05, 0) is 51.7 Å². The number of esters is 1. The number of aliphatic hydroxyl groups is 1. The summed E-state index contributed by atoms with van der Waals surface area (Å²) in [6.07, 6.45) is 0. The molecule has 0 fully saturated rings. The molecular weight excluding hydrogens is 284 g/mol. The van der Waals surface area contributed by atoms with Gasteiger partial charge in [0.2, 0.25) is 0 Å². The summed E-state index contributed by atoms with van der Waals surface area (Å²) < 4.78 is 5.86. The molecule has 0 radical (unpaired) electrons. The van der Waals surface area contributed by atoms with Crippen molar-refractivity contribution in [2.75, 3.05) is 7.11 Å². The number of aliphatic hydroxyl groups excluding tert-OH is 1. The van der Waals surface area contributed by atoms with Crippen molar-refractivity contribution >= 4 is 27.4 Å². The third kappa shape index (κ3) is 2.55. The second kappa shape index (κ2) is 5.68. The average Bonchev–Trinajstić information content (AvgIpc) is 2.96. The number of carbonyl (C=O) groups excluding carboxylic acids is 1. The molecule has 0 amide bonds. The van der Waals surface area contributed by atoms with Crippen LogP contribution < -0.4 is 0 Å². The van der Waals surface area contributed by atoms with Crippen molar-refractivity contribution in [3.05, 3.63) is 59.0 Å². The molecular formula is C17H14O3S. The Bertz CT molecular complexity index is 787. The molecule has 2 aromatic carbocycles. The van der Waals surface area contributed by atoms with E-state index in [9.17, 15) is 9.90 Å². The minimum atomic E-state index is -0.336. The second-order valence-electron chi connectivity index (χ2n) is 4.70. The predicted molar refractivity (Wildman–Crippen MR) is 84.5 cm³/mol. The molecule has 106 valence electrons. The summed E-state index contributed by atoms with van der Waals surface area (Å²) in [7, 11) is 1.37. The van der Waals surface area contributed by atoms with Gasteiger partial charge in [0.05, 0.1) is 19.3 Å². The summed E-state index contributed by atoms with van der Waals surface area (Å²) in [5, 5.41) is 12.4. The van der Waals surface area contributed by atoms with Gasteiger partial charge in [-0.1, -0.05) is 18.2 Å². The summed E-state index contributed by atoms with van der Waals surface area (Å²) >= 11 is 1.63. The van der Waals surface area contributed by atoms with E-state index in [2.05, 4.69) is 12.1 Å². The van der Waals surface area contributed by atoms with E-state index in [0.29, 0.717) is 5.56 Å². The number of fused-ring (bicyclic) bond motifs is 1. The molecule has 0 aliphatic rings. The van der Waals surface area contributed by atoms with Gasteiger partial charge in [-0.3, -0.25) is 0 Å². The SMILES string of the molecule is COC(=O)c1ccc(-c2ccc3scc(CO)c3c2)cc1. The molecule has 0 spiro atoms. The van der Waals surface area contributed by atoms with Crippen LogP contribution in [0.15, 0.2) is 47.8 Å². The Morgan fingerprint density at radius 1 is 1.14 bits per heavy atom. The maximum absolute atomic E-state index is 11.4. The van der Waals surface area contributed by atoms with Crippen LogP contribution in [0.25, 0.3) is 21.2 Å². The van der Waals surface area contributed by atoms with Crippen LogP contribution in [0, 0.1) is 0 Å². The van der Waals surface area contributed by atoms with Gasteiger partial charge < -0.3 is 9.84 Å². The van der Waals surface area contributed by atoms with E-state index in [0.717, 1.165) is 26.8 Å². The monoisotopic (exact) mass is 298 g/mol. The fourth-order valence-corrected chi connectivity index (χ4v) is 3.23. The smallest absolute Gasteiger partial charge is 0.337 e. The summed E-state index contributed by atoms with van der Waals surface area (Å²) in [6, 6.07) is 13.5. The summed E-state index contributed by atoms with van der Waals surface area (Å²) in [5.74, 6) is -0.336. The average molecular weight is 298 g/mol. The van der Waals surface area contributed by atoms with Crippen molar-refractivity contribution in [2.24, 2.45) is 0 Å². The number of thiophene rings is 1. The molecule has 3 rings (SSSR count). The van der Waals surface area contributed by atoms with Gasteiger partial charge >= 0.3 is 5.97 Å². The Morgan fingerprint density at radius 3 is 2.52 bits per heavy atom. The second-order valence-corrected chi connectivity index (χ2v) is 5.61. The molecule has 3 nitrogen and oxygen atoms in total. The Labute approximate surface area is 126 Å². The first kappa shape index (κ1) is 13.8. The molecule has 1 N–H and O–H groups in total. The van der Waals surface area contributed by atoms with Crippen LogP contribution in [0.4, 0.5) is 0 Å². The minimum absolute atomic E-state index is 0.0464. The molecule has 0 saturated carbocycles. The quantitative estimate of drug-likeness (QED) is 0.747. The van der Waals surface area contributed by atoms with E-state index < -0.39 is 0 Å². The lowest BCUT2D eigenvalue weighted by Gasteiger charge is -2.04. The number of benzene rings is 2. The van der Waals surface area contributed by atoms with E-state index >= 15 is 0 Å². The number of ether oxygens (including phenoxy) is 1.